The Labute approximate surface area is 435 Å². The quantitative estimate of drug-likeness (QED) is 0.0261. The Balaban J connectivity index is 4.39. The first-order valence-corrected chi connectivity index (χ1v) is 30.6. The number of esters is 3. The molecule has 0 saturated heterocycles. The minimum Gasteiger partial charge on any atom is -0.462 e. The predicted octanol–water partition coefficient (Wildman–Crippen LogP) is 20.6. The van der Waals surface area contributed by atoms with E-state index < -0.39 is 6.10 Å². The predicted molar refractivity (Wildman–Crippen MR) is 302 cm³/mol. The van der Waals surface area contributed by atoms with E-state index >= 15 is 0 Å². The van der Waals surface area contributed by atoms with Crippen LogP contribution in [0.4, 0.5) is 0 Å². The highest BCUT2D eigenvalue weighted by Gasteiger charge is 2.19. The van der Waals surface area contributed by atoms with Crippen molar-refractivity contribution in [2.45, 2.75) is 329 Å². The van der Waals surface area contributed by atoms with E-state index in [-0.39, 0.29) is 31.1 Å². The summed E-state index contributed by atoms with van der Waals surface area (Å²) in [7, 11) is 0. The van der Waals surface area contributed by atoms with Crippen molar-refractivity contribution in [3.05, 3.63) is 48.6 Å². The summed E-state index contributed by atoms with van der Waals surface area (Å²) in [4.78, 5) is 38.2. The SMILES string of the molecule is CCCCC/C=C\C/C=C\C/C=C\C/C=C\CCCCCC(=O)OC[C@@H](COC(=O)CCCCCCCCCCCCCCCCCC)OC(=O)CCCCCCCCCCCCCCCCCCC. The molecule has 0 unspecified atom stereocenters. The fourth-order valence-corrected chi connectivity index (χ4v) is 8.96. The molecule has 0 fully saturated rings. The van der Waals surface area contributed by atoms with Gasteiger partial charge >= 0.3 is 17.9 Å². The van der Waals surface area contributed by atoms with E-state index in [1.165, 1.54) is 199 Å². The molecule has 0 aromatic rings. The zero-order chi connectivity index (χ0) is 50.7. The van der Waals surface area contributed by atoms with Crippen LogP contribution < -0.4 is 0 Å². The lowest BCUT2D eigenvalue weighted by Gasteiger charge is -2.18. The molecule has 0 heterocycles. The maximum atomic E-state index is 12.9. The molecule has 70 heavy (non-hydrogen) atoms. The van der Waals surface area contributed by atoms with Crippen LogP contribution in [0.2, 0.25) is 0 Å². The first-order valence-electron chi connectivity index (χ1n) is 30.6. The van der Waals surface area contributed by atoms with Gasteiger partial charge in [-0.25, -0.2) is 0 Å². The Bertz CT molecular complexity index is 1220. The second-order valence-electron chi connectivity index (χ2n) is 20.6. The van der Waals surface area contributed by atoms with Gasteiger partial charge in [-0.1, -0.05) is 288 Å². The highest BCUT2D eigenvalue weighted by atomic mass is 16.6. The molecule has 0 aliphatic rings. The highest BCUT2D eigenvalue weighted by molar-refractivity contribution is 5.71. The smallest absolute Gasteiger partial charge is 0.306 e. The monoisotopic (exact) mass is 981 g/mol. The number of unbranched alkanes of at least 4 members (excludes halogenated alkanes) is 37. The van der Waals surface area contributed by atoms with Crippen LogP contribution in [-0.4, -0.2) is 37.2 Å². The van der Waals surface area contributed by atoms with Gasteiger partial charge in [0.25, 0.3) is 0 Å². The lowest BCUT2D eigenvalue weighted by molar-refractivity contribution is -0.167. The number of carbonyl (C=O) groups excluding carboxylic acids is 3. The standard InChI is InChI=1S/C64H116O6/c1-4-7-10-13-16-19-22-25-28-31-32-34-36-39-42-45-48-51-54-57-63(66)69-60-61(59-68-62(65)56-53-50-47-44-41-38-35-30-27-24-21-18-15-12-9-6-3)70-64(67)58-55-52-49-46-43-40-37-33-29-26-23-20-17-14-11-8-5-2/h16,19,25,28,32,34,39,42,61H,4-15,17-18,20-24,26-27,29-31,33,35-38,40-41,43-60H2,1-3H3/b19-16-,28-25-,34-32-,42-39-/t61-/m1/s1. The Morgan fingerprint density at radius 2 is 0.514 bits per heavy atom. The van der Waals surface area contributed by atoms with Gasteiger partial charge in [0.2, 0.25) is 0 Å². The van der Waals surface area contributed by atoms with Gasteiger partial charge in [-0.15, -0.1) is 0 Å². The summed E-state index contributed by atoms with van der Waals surface area (Å²) in [6.45, 7) is 6.64. The van der Waals surface area contributed by atoms with Crippen LogP contribution in [0, 0.1) is 0 Å². The molecule has 408 valence electrons. The van der Waals surface area contributed by atoms with Crippen LogP contribution in [0.1, 0.15) is 323 Å². The van der Waals surface area contributed by atoms with Crippen molar-refractivity contribution in [3.8, 4) is 0 Å². The van der Waals surface area contributed by atoms with E-state index in [0.29, 0.717) is 19.3 Å². The second-order valence-corrected chi connectivity index (χ2v) is 20.6. The van der Waals surface area contributed by atoms with Gasteiger partial charge in [0.1, 0.15) is 13.2 Å². The average Bonchev–Trinajstić information content (AvgIpc) is 3.36. The topological polar surface area (TPSA) is 78.9 Å². The average molecular weight is 982 g/mol. The molecule has 0 bridgehead atoms. The van der Waals surface area contributed by atoms with Crippen LogP contribution in [0.15, 0.2) is 48.6 Å². The summed E-state index contributed by atoms with van der Waals surface area (Å²) in [5.74, 6) is -0.890. The van der Waals surface area contributed by atoms with Crippen molar-refractivity contribution in [1.29, 1.82) is 0 Å². The molecule has 0 aromatic carbocycles. The molecule has 0 radical (unpaired) electrons. The summed E-state index contributed by atoms with van der Waals surface area (Å²) < 4.78 is 16.9. The van der Waals surface area contributed by atoms with Gasteiger partial charge < -0.3 is 14.2 Å². The Kier molecular flexibility index (Phi) is 56.7. The second kappa shape index (κ2) is 58.9. The third-order valence-electron chi connectivity index (χ3n) is 13.6. The molecule has 0 spiro atoms. The minimum absolute atomic E-state index is 0.0785. The van der Waals surface area contributed by atoms with Gasteiger partial charge in [0.15, 0.2) is 6.10 Å². The van der Waals surface area contributed by atoms with Gasteiger partial charge in [-0.05, 0) is 64.2 Å². The molecule has 0 aliphatic heterocycles. The van der Waals surface area contributed by atoms with Crippen LogP contribution in [0.25, 0.3) is 0 Å². The summed E-state index contributed by atoms with van der Waals surface area (Å²) in [5.41, 5.74) is 0. The van der Waals surface area contributed by atoms with Crippen LogP contribution in [0.3, 0.4) is 0 Å². The van der Waals surface area contributed by atoms with E-state index in [0.717, 1.165) is 83.5 Å². The Morgan fingerprint density at radius 1 is 0.286 bits per heavy atom. The van der Waals surface area contributed by atoms with E-state index in [1.807, 2.05) is 0 Å². The first-order chi connectivity index (χ1) is 34.5. The van der Waals surface area contributed by atoms with E-state index in [9.17, 15) is 14.4 Å². The molecule has 0 amide bonds. The fraction of sp³-hybridized carbons (Fsp3) is 0.828. The summed E-state index contributed by atoms with van der Waals surface area (Å²) in [5, 5.41) is 0. The summed E-state index contributed by atoms with van der Waals surface area (Å²) >= 11 is 0. The molecule has 0 aliphatic carbocycles. The van der Waals surface area contributed by atoms with Crippen molar-refractivity contribution in [3.63, 3.8) is 0 Å². The maximum absolute atomic E-state index is 12.9. The van der Waals surface area contributed by atoms with Gasteiger partial charge in [0, 0.05) is 19.3 Å². The third-order valence-corrected chi connectivity index (χ3v) is 13.6. The van der Waals surface area contributed by atoms with Crippen molar-refractivity contribution in [1.82, 2.24) is 0 Å². The molecule has 0 N–H and O–H groups in total. The zero-order valence-electron chi connectivity index (χ0n) is 46.8. The van der Waals surface area contributed by atoms with Gasteiger partial charge in [-0.2, -0.15) is 0 Å². The Morgan fingerprint density at radius 3 is 0.829 bits per heavy atom. The van der Waals surface area contributed by atoms with Gasteiger partial charge in [0.05, 0.1) is 0 Å². The lowest BCUT2D eigenvalue weighted by atomic mass is 10.0. The number of carbonyl (C=O) groups is 3. The van der Waals surface area contributed by atoms with Crippen molar-refractivity contribution >= 4 is 17.9 Å². The first kappa shape index (κ1) is 67.4. The Hall–Kier alpha value is -2.63. The highest BCUT2D eigenvalue weighted by Crippen LogP contribution is 2.17. The van der Waals surface area contributed by atoms with Crippen LogP contribution in [-0.2, 0) is 28.6 Å². The summed E-state index contributed by atoms with van der Waals surface area (Å²) in [6, 6.07) is 0. The summed E-state index contributed by atoms with van der Waals surface area (Å²) in [6.07, 6.45) is 72.4. The molecule has 6 heteroatoms. The zero-order valence-corrected chi connectivity index (χ0v) is 46.8. The maximum Gasteiger partial charge on any atom is 0.306 e. The number of rotatable bonds is 56. The molecule has 1 atom stereocenters. The van der Waals surface area contributed by atoms with Crippen LogP contribution >= 0.6 is 0 Å². The molecule has 0 aromatic heterocycles. The van der Waals surface area contributed by atoms with Crippen molar-refractivity contribution < 1.29 is 28.6 Å². The number of hydrogen-bond acceptors (Lipinski definition) is 6. The number of ether oxygens (including phenoxy) is 3. The van der Waals surface area contributed by atoms with Crippen molar-refractivity contribution in [2.24, 2.45) is 0 Å². The van der Waals surface area contributed by atoms with E-state index in [2.05, 4.69) is 69.4 Å². The number of hydrogen-bond donors (Lipinski definition) is 0. The van der Waals surface area contributed by atoms with Gasteiger partial charge in [-0.3, -0.25) is 14.4 Å². The lowest BCUT2D eigenvalue weighted by Crippen LogP contribution is -2.30. The molecule has 0 saturated carbocycles. The molecule has 0 rings (SSSR count). The number of allylic oxidation sites excluding steroid dienone is 8. The molecular weight excluding hydrogens is 865 g/mol. The van der Waals surface area contributed by atoms with Crippen molar-refractivity contribution in [2.75, 3.05) is 13.2 Å². The normalized spacial score (nSPS) is 12.3. The van der Waals surface area contributed by atoms with Crippen LogP contribution in [0.5, 0.6) is 0 Å². The molecular formula is C64H116O6. The fourth-order valence-electron chi connectivity index (χ4n) is 8.96. The third kappa shape index (κ3) is 56.3. The van der Waals surface area contributed by atoms with E-state index in [1.54, 1.807) is 0 Å². The minimum atomic E-state index is -0.783. The molecule has 6 nitrogen and oxygen atoms in total. The van der Waals surface area contributed by atoms with E-state index in [4.69, 9.17) is 14.2 Å². The largest absolute Gasteiger partial charge is 0.462 e.